The molecule has 2 N–H and O–H groups in total. The number of fused-ring (bicyclic) bond motifs is 1. The molecule has 1 aromatic carbocycles. The van der Waals surface area contributed by atoms with E-state index in [1.165, 1.54) is 0 Å². The second-order valence-electron chi connectivity index (χ2n) is 3.74. The molecule has 4 nitrogen and oxygen atoms in total. The van der Waals surface area contributed by atoms with Crippen molar-refractivity contribution in [2.24, 2.45) is 0 Å². The van der Waals surface area contributed by atoms with E-state index in [4.69, 9.17) is 5.11 Å². The fourth-order valence-electron chi connectivity index (χ4n) is 1.74. The molecule has 0 aliphatic rings. The molecular formula is C12H13NO3. The molecule has 1 unspecified atom stereocenters. The molecule has 84 valence electrons. The first-order valence-electron chi connectivity index (χ1n) is 5.07. The Kier molecular flexibility index (Phi) is 3.03. The lowest BCUT2D eigenvalue weighted by molar-refractivity contribution is 0.0822. The third kappa shape index (κ3) is 1.98. The third-order valence-electron chi connectivity index (χ3n) is 2.55. The molecule has 0 aliphatic heterocycles. The average Bonchev–Trinajstić information content (AvgIpc) is 2.71. The van der Waals surface area contributed by atoms with Crippen LogP contribution >= 0.6 is 0 Å². The van der Waals surface area contributed by atoms with Gasteiger partial charge in [0.1, 0.15) is 6.29 Å². The summed E-state index contributed by atoms with van der Waals surface area (Å²) in [5.41, 5.74) is 1.58. The topological polar surface area (TPSA) is 62.5 Å². The summed E-state index contributed by atoms with van der Waals surface area (Å²) in [5, 5.41) is 19.1. The number of aldehydes is 1. The van der Waals surface area contributed by atoms with Gasteiger partial charge in [-0.15, -0.1) is 0 Å². The van der Waals surface area contributed by atoms with E-state index >= 15 is 0 Å². The Hall–Kier alpha value is -1.65. The molecule has 2 rings (SSSR count). The highest BCUT2D eigenvalue weighted by atomic mass is 16.3. The Morgan fingerprint density at radius 1 is 1.38 bits per heavy atom. The largest absolute Gasteiger partial charge is 0.394 e. The Bertz CT molecular complexity index is 504. The number of carbonyl (C=O) groups is 1. The average molecular weight is 219 g/mol. The van der Waals surface area contributed by atoms with E-state index in [1.807, 2.05) is 22.9 Å². The van der Waals surface area contributed by atoms with E-state index < -0.39 is 6.10 Å². The molecule has 1 aromatic heterocycles. The van der Waals surface area contributed by atoms with Crippen molar-refractivity contribution in [3.63, 3.8) is 0 Å². The quantitative estimate of drug-likeness (QED) is 0.748. The summed E-state index contributed by atoms with van der Waals surface area (Å²) in [6.45, 7) is 0.0898. The van der Waals surface area contributed by atoms with Crippen LogP contribution in [0.3, 0.4) is 0 Å². The number of aliphatic hydroxyl groups is 2. The predicted molar refractivity (Wildman–Crippen MR) is 60.4 cm³/mol. The zero-order chi connectivity index (χ0) is 11.5. The lowest BCUT2D eigenvalue weighted by Crippen LogP contribution is -2.19. The first-order chi connectivity index (χ1) is 7.74. The van der Waals surface area contributed by atoms with Crippen molar-refractivity contribution in [2.75, 3.05) is 6.61 Å². The number of benzene rings is 1. The summed E-state index contributed by atoms with van der Waals surface area (Å²) in [4.78, 5) is 10.6. The molecule has 0 saturated carbocycles. The number of hydrogen-bond acceptors (Lipinski definition) is 3. The van der Waals surface area contributed by atoms with Crippen LogP contribution in [0.1, 0.15) is 10.4 Å². The molecule has 4 heteroatoms. The summed E-state index contributed by atoms with van der Waals surface area (Å²) >= 11 is 0. The van der Waals surface area contributed by atoms with Gasteiger partial charge in [0.25, 0.3) is 0 Å². The van der Waals surface area contributed by atoms with Gasteiger partial charge in [0, 0.05) is 22.7 Å². The number of hydrogen-bond donors (Lipinski definition) is 2. The lowest BCUT2D eigenvalue weighted by Gasteiger charge is -2.09. The van der Waals surface area contributed by atoms with Crippen LogP contribution in [0.25, 0.3) is 10.9 Å². The summed E-state index contributed by atoms with van der Waals surface area (Å²) in [7, 11) is 0. The molecular weight excluding hydrogens is 206 g/mol. The monoisotopic (exact) mass is 219 g/mol. The molecule has 0 fully saturated rings. The van der Waals surface area contributed by atoms with Crippen LogP contribution in [0.15, 0.2) is 30.5 Å². The fourth-order valence-corrected chi connectivity index (χ4v) is 1.74. The second kappa shape index (κ2) is 4.47. The van der Waals surface area contributed by atoms with Gasteiger partial charge >= 0.3 is 0 Å². The van der Waals surface area contributed by atoms with E-state index in [-0.39, 0.29) is 6.61 Å². The minimum absolute atomic E-state index is 0.258. The van der Waals surface area contributed by atoms with Crippen LogP contribution in [-0.2, 0) is 6.54 Å². The maximum absolute atomic E-state index is 10.6. The zero-order valence-electron chi connectivity index (χ0n) is 8.71. The SMILES string of the molecule is O=Cc1ccc2c(ccn2CC(O)CO)c1. The molecule has 0 amide bonds. The minimum atomic E-state index is -0.763. The van der Waals surface area contributed by atoms with Crippen molar-refractivity contribution < 1.29 is 15.0 Å². The van der Waals surface area contributed by atoms with Crippen LogP contribution in [0.2, 0.25) is 0 Å². The first-order valence-corrected chi connectivity index (χ1v) is 5.07. The van der Waals surface area contributed by atoms with Gasteiger partial charge in [-0.1, -0.05) is 0 Å². The van der Waals surface area contributed by atoms with Gasteiger partial charge in [0.2, 0.25) is 0 Å². The van der Waals surface area contributed by atoms with Gasteiger partial charge in [0.15, 0.2) is 0 Å². The maximum Gasteiger partial charge on any atom is 0.150 e. The number of aromatic nitrogens is 1. The molecule has 1 heterocycles. The van der Waals surface area contributed by atoms with E-state index in [0.29, 0.717) is 12.1 Å². The predicted octanol–water partition coefficient (Wildman–Crippen LogP) is 0.807. The van der Waals surface area contributed by atoms with Crippen molar-refractivity contribution in [3.05, 3.63) is 36.0 Å². The number of rotatable bonds is 4. The molecule has 0 radical (unpaired) electrons. The Balaban J connectivity index is 2.37. The van der Waals surface area contributed by atoms with Crippen molar-refractivity contribution in [3.8, 4) is 0 Å². The van der Waals surface area contributed by atoms with Gasteiger partial charge < -0.3 is 14.8 Å². The van der Waals surface area contributed by atoms with Crippen molar-refractivity contribution in [1.82, 2.24) is 4.57 Å². The zero-order valence-corrected chi connectivity index (χ0v) is 8.71. The van der Waals surface area contributed by atoms with Gasteiger partial charge in [-0.05, 0) is 24.3 Å². The maximum atomic E-state index is 10.6. The van der Waals surface area contributed by atoms with Crippen LogP contribution in [0.5, 0.6) is 0 Å². The normalized spacial score (nSPS) is 12.9. The summed E-state index contributed by atoms with van der Waals surface area (Å²) in [6, 6.07) is 7.25. The van der Waals surface area contributed by atoms with Crippen molar-refractivity contribution >= 4 is 17.2 Å². The summed E-state index contributed by atoms with van der Waals surface area (Å²) < 4.78 is 1.85. The highest BCUT2D eigenvalue weighted by Crippen LogP contribution is 2.17. The van der Waals surface area contributed by atoms with Crippen LogP contribution in [-0.4, -0.2) is 33.8 Å². The summed E-state index contributed by atoms with van der Waals surface area (Å²) in [5.74, 6) is 0. The Morgan fingerprint density at radius 3 is 2.88 bits per heavy atom. The molecule has 1 atom stereocenters. The van der Waals surface area contributed by atoms with E-state index in [1.54, 1.807) is 12.1 Å². The van der Waals surface area contributed by atoms with Crippen molar-refractivity contribution in [2.45, 2.75) is 12.6 Å². The van der Waals surface area contributed by atoms with Crippen LogP contribution in [0.4, 0.5) is 0 Å². The van der Waals surface area contributed by atoms with E-state index in [0.717, 1.165) is 17.2 Å². The Morgan fingerprint density at radius 2 is 2.19 bits per heavy atom. The second-order valence-corrected chi connectivity index (χ2v) is 3.74. The van der Waals surface area contributed by atoms with Crippen molar-refractivity contribution in [1.29, 1.82) is 0 Å². The smallest absolute Gasteiger partial charge is 0.150 e. The van der Waals surface area contributed by atoms with Crippen LogP contribution in [0, 0.1) is 0 Å². The Labute approximate surface area is 92.7 Å². The number of aliphatic hydroxyl groups excluding tert-OH is 2. The first kappa shape index (κ1) is 10.9. The standard InChI is InChI=1S/C12H13NO3/c14-7-9-1-2-12-10(5-9)3-4-13(12)6-11(16)8-15/h1-5,7,11,15-16H,6,8H2. The molecule has 2 aromatic rings. The fraction of sp³-hybridized carbons (Fsp3) is 0.250. The highest BCUT2D eigenvalue weighted by molar-refractivity contribution is 5.87. The van der Waals surface area contributed by atoms with Gasteiger partial charge in [-0.2, -0.15) is 0 Å². The molecule has 0 spiro atoms. The lowest BCUT2D eigenvalue weighted by atomic mass is 10.2. The van der Waals surface area contributed by atoms with E-state index in [2.05, 4.69) is 0 Å². The summed E-state index contributed by atoms with van der Waals surface area (Å²) in [6.07, 6.45) is 1.87. The minimum Gasteiger partial charge on any atom is -0.394 e. The molecule has 0 aliphatic carbocycles. The molecule has 0 saturated heterocycles. The highest BCUT2D eigenvalue weighted by Gasteiger charge is 2.06. The molecule has 0 bridgehead atoms. The van der Waals surface area contributed by atoms with Gasteiger partial charge in [-0.3, -0.25) is 4.79 Å². The number of carbonyl (C=O) groups excluding carboxylic acids is 1. The third-order valence-corrected chi connectivity index (χ3v) is 2.55. The molecule has 16 heavy (non-hydrogen) atoms. The van der Waals surface area contributed by atoms with Gasteiger partial charge in [0.05, 0.1) is 19.3 Å². The number of nitrogens with zero attached hydrogens (tertiary/aromatic N) is 1. The van der Waals surface area contributed by atoms with Crippen LogP contribution < -0.4 is 0 Å². The van der Waals surface area contributed by atoms with Gasteiger partial charge in [-0.25, -0.2) is 0 Å². The van der Waals surface area contributed by atoms with E-state index in [9.17, 15) is 9.90 Å².